The summed E-state index contributed by atoms with van der Waals surface area (Å²) in [7, 11) is 0. The number of rotatable bonds is 0. The molecule has 6 heavy (non-hydrogen) atoms. The zero-order valence-corrected chi connectivity index (χ0v) is 2.83. The Kier molecular flexibility index (Phi) is 0.677. The summed E-state index contributed by atoms with van der Waals surface area (Å²) < 4.78 is 0. The lowest BCUT2D eigenvalue weighted by Crippen LogP contribution is -1.67. The first-order chi connectivity index (χ1) is 3.00. The monoisotopic (exact) mass is 83.0 g/mol. The molecule has 0 aromatic carbocycles. The molecule has 0 aliphatic carbocycles. The van der Waals surface area contributed by atoms with E-state index in [4.69, 9.17) is 0 Å². The zero-order valence-electron chi connectivity index (χ0n) is 2.83. The minimum atomic E-state index is 1.31. The maximum Gasteiger partial charge on any atom is 0.118 e. The van der Waals surface area contributed by atoms with Crippen LogP contribution in [0.3, 0.4) is 0 Å². The predicted octanol–water partition coefficient (Wildman–Crippen LogP) is 0.482. The van der Waals surface area contributed by atoms with Crippen molar-refractivity contribution < 1.29 is 4.94 Å². The summed E-state index contributed by atoms with van der Waals surface area (Å²) in [4.78, 5) is 4.01. The lowest BCUT2D eigenvalue weighted by molar-refractivity contribution is 0.134. The predicted molar refractivity (Wildman–Crippen MR) is 17.9 cm³/mol. The minimum absolute atomic E-state index is 1.31. The van der Waals surface area contributed by atoms with Gasteiger partial charge in [-0.1, -0.05) is 0 Å². The van der Waals surface area contributed by atoms with E-state index in [2.05, 4.69) is 26.4 Å². The van der Waals surface area contributed by atoms with E-state index in [9.17, 15) is 0 Å². The first kappa shape index (κ1) is 3.06. The van der Waals surface area contributed by atoms with Crippen molar-refractivity contribution in [3.63, 3.8) is 0 Å². The van der Waals surface area contributed by atoms with Crippen molar-refractivity contribution in [2.24, 2.45) is 15.5 Å². The van der Waals surface area contributed by atoms with E-state index >= 15 is 0 Å². The van der Waals surface area contributed by atoms with Gasteiger partial charge < -0.3 is 0 Å². The second-order valence-corrected chi connectivity index (χ2v) is 0.628. The Labute approximate surface area is 33.8 Å². The molecule has 0 unspecified atom stereocenters. The highest BCUT2D eigenvalue weighted by molar-refractivity contribution is 5.50. The summed E-state index contributed by atoms with van der Waals surface area (Å²) in [6, 6.07) is 0. The van der Waals surface area contributed by atoms with Gasteiger partial charge in [-0.25, -0.2) is 4.94 Å². The van der Waals surface area contributed by atoms with Crippen LogP contribution in [-0.4, -0.2) is 5.87 Å². The molecule has 0 N–H and O–H groups in total. The zero-order chi connectivity index (χ0) is 4.24. The molecule has 0 aromatic rings. The van der Waals surface area contributed by atoms with Crippen molar-refractivity contribution in [1.82, 2.24) is 0 Å². The van der Waals surface area contributed by atoms with E-state index in [1.54, 1.807) is 0 Å². The van der Waals surface area contributed by atoms with E-state index in [1.165, 1.54) is 6.20 Å². The molecule has 30 valence electrons. The van der Waals surface area contributed by atoms with Crippen LogP contribution in [-0.2, 0) is 4.94 Å². The van der Waals surface area contributed by atoms with Crippen LogP contribution in [0.1, 0.15) is 0 Å². The maximum atomic E-state index is 4.01. The molecule has 0 atom stereocenters. The lowest BCUT2D eigenvalue weighted by atomic mass is 11.0. The van der Waals surface area contributed by atoms with Gasteiger partial charge in [-0.3, -0.25) is 0 Å². The Morgan fingerprint density at radius 1 is 1.67 bits per heavy atom. The molecule has 1 aliphatic rings. The van der Waals surface area contributed by atoms with E-state index in [-0.39, 0.29) is 0 Å². The van der Waals surface area contributed by atoms with Crippen molar-refractivity contribution in [2.75, 3.05) is 0 Å². The number of hydrogen-bond acceptors (Lipinski definition) is 4. The third-order valence-corrected chi connectivity index (χ3v) is 0.293. The van der Waals surface area contributed by atoms with Gasteiger partial charge in [0.2, 0.25) is 0 Å². The van der Waals surface area contributed by atoms with Gasteiger partial charge in [-0.15, -0.1) is 5.11 Å². The average molecular weight is 83.0 g/mol. The molecule has 1 aliphatic heterocycles. The van der Waals surface area contributed by atoms with Gasteiger partial charge >= 0.3 is 0 Å². The van der Waals surface area contributed by atoms with Gasteiger partial charge in [0, 0.05) is 0 Å². The van der Waals surface area contributed by atoms with Gasteiger partial charge in [0.1, 0.15) is 6.20 Å². The molecule has 0 amide bonds. The Morgan fingerprint density at radius 3 is 2.83 bits per heavy atom. The van der Waals surface area contributed by atoms with Gasteiger partial charge in [-0.2, -0.15) is 0 Å². The lowest BCUT2D eigenvalue weighted by Gasteiger charge is -1.78. The standard InChI is InChI=1S/C2HN3O/c1-2-4-6-5-3-1/h1H. The molecule has 0 bridgehead atoms. The summed E-state index contributed by atoms with van der Waals surface area (Å²) in [5.41, 5.74) is 0. The molecule has 4 heteroatoms. The van der Waals surface area contributed by atoms with Gasteiger partial charge in [0.25, 0.3) is 0 Å². The van der Waals surface area contributed by atoms with E-state index in [0.29, 0.717) is 0 Å². The van der Waals surface area contributed by atoms with E-state index in [0.717, 1.165) is 0 Å². The molecule has 0 saturated carbocycles. The van der Waals surface area contributed by atoms with Crippen LogP contribution >= 0.6 is 0 Å². The summed E-state index contributed by atoms with van der Waals surface area (Å²) in [6.45, 7) is 0. The number of hydrogen-bond donors (Lipinski definition) is 0. The van der Waals surface area contributed by atoms with Crippen LogP contribution in [0.5, 0.6) is 0 Å². The van der Waals surface area contributed by atoms with Crippen LogP contribution in [0, 0.1) is 0 Å². The second kappa shape index (κ2) is 1.33. The minimum Gasteiger partial charge on any atom is -0.215 e. The molecule has 0 radical (unpaired) electrons. The molecule has 0 spiro atoms. The van der Waals surface area contributed by atoms with E-state index in [1.807, 2.05) is 0 Å². The fourth-order valence-electron chi connectivity index (χ4n) is 0.136. The molecule has 4 nitrogen and oxygen atoms in total. The highest BCUT2D eigenvalue weighted by atomic mass is 16.8. The molecule has 0 saturated heterocycles. The van der Waals surface area contributed by atoms with Gasteiger partial charge in [0.15, 0.2) is 0 Å². The van der Waals surface area contributed by atoms with Gasteiger partial charge in [-0.05, 0) is 5.16 Å². The largest absolute Gasteiger partial charge is 0.215 e. The van der Waals surface area contributed by atoms with Crippen molar-refractivity contribution in [2.45, 2.75) is 0 Å². The topological polar surface area (TPSA) is 46.3 Å². The van der Waals surface area contributed by atoms with Crippen LogP contribution in [0.15, 0.2) is 21.7 Å². The Balaban J connectivity index is 2.78. The third-order valence-electron chi connectivity index (χ3n) is 0.293. The molecular weight excluding hydrogens is 82.0 g/mol. The Hall–Kier alpha value is -1.15. The highest BCUT2D eigenvalue weighted by Crippen LogP contribution is 1.82. The number of nitrogens with zero attached hydrogens (tertiary/aromatic N) is 3. The molecule has 0 fully saturated rings. The first-order valence-electron chi connectivity index (χ1n) is 1.34. The van der Waals surface area contributed by atoms with Crippen molar-refractivity contribution >= 4 is 5.87 Å². The van der Waals surface area contributed by atoms with Crippen LogP contribution in [0.2, 0.25) is 0 Å². The third kappa shape index (κ3) is 0.415. The smallest absolute Gasteiger partial charge is 0.118 e. The van der Waals surface area contributed by atoms with Crippen LogP contribution in [0.4, 0.5) is 0 Å². The average Bonchev–Trinajstić information content (AvgIpc) is 1.72. The van der Waals surface area contributed by atoms with Crippen molar-refractivity contribution in [1.29, 1.82) is 0 Å². The quantitative estimate of drug-likeness (QED) is 0.420. The summed E-state index contributed by atoms with van der Waals surface area (Å²) in [5.74, 6) is 2.30. The van der Waals surface area contributed by atoms with Crippen LogP contribution < -0.4 is 0 Å². The normalized spacial score (nSPS) is 14.7. The summed E-state index contributed by atoms with van der Waals surface area (Å²) in [5, 5.41) is 9.38. The van der Waals surface area contributed by atoms with Crippen molar-refractivity contribution in [3.05, 3.63) is 6.20 Å². The summed E-state index contributed by atoms with van der Waals surface area (Å²) >= 11 is 0. The SMILES string of the molecule is C1=CN=NON=1. The fourth-order valence-corrected chi connectivity index (χ4v) is 0.136. The highest BCUT2D eigenvalue weighted by Gasteiger charge is 1.70. The molecule has 1 rings (SSSR count). The molecule has 1 heterocycles. The Morgan fingerprint density at radius 2 is 2.67 bits per heavy atom. The van der Waals surface area contributed by atoms with Gasteiger partial charge in [0.05, 0.1) is 11.1 Å². The van der Waals surface area contributed by atoms with Crippen LogP contribution in [0.25, 0.3) is 0 Å². The summed E-state index contributed by atoms with van der Waals surface area (Å²) in [6.07, 6.45) is 1.31. The fraction of sp³-hybridized carbons (Fsp3) is 0. The molecular formula is C2HN3O. The maximum absolute atomic E-state index is 4.01. The van der Waals surface area contributed by atoms with E-state index < -0.39 is 0 Å². The Bertz CT molecular complexity index is 121. The molecule has 0 aromatic heterocycles. The first-order valence-corrected chi connectivity index (χ1v) is 1.34. The van der Waals surface area contributed by atoms with Crippen molar-refractivity contribution in [3.8, 4) is 0 Å². The second-order valence-electron chi connectivity index (χ2n) is 0.628.